The van der Waals surface area contributed by atoms with Crippen molar-refractivity contribution in [3.05, 3.63) is 57.6 Å². The van der Waals surface area contributed by atoms with Gasteiger partial charge in [0.15, 0.2) is 0 Å². The molecule has 2 aromatic rings. The van der Waals surface area contributed by atoms with E-state index in [1.165, 1.54) is 0 Å². The Morgan fingerprint density at radius 1 is 1.24 bits per heavy atom. The number of hydrogen-bond donors (Lipinski definition) is 2. The van der Waals surface area contributed by atoms with E-state index in [9.17, 15) is 14.4 Å². The minimum absolute atomic E-state index is 0.111. The third kappa shape index (κ3) is 4.38. The first-order valence-corrected chi connectivity index (χ1v) is 8.76. The van der Waals surface area contributed by atoms with Crippen molar-refractivity contribution in [2.45, 2.75) is 13.0 Å². The highest BCUT2D eigenvalue weighted by atomic mass is 127. The lowest BCUT2D eigenvalue weighted by Gasteiger charge is -2.15. The van der Waals surface area contributed by atoms with E-state index < -0.39 is 11.8 Å². The topological polar surface area (TPSA) is 91.7 Å². The van der Waals surface area contributed by atoms with Crippen LogP contribution >= 0.6 is 22.6 Å². The molecule has 25 heavy (non-hydrogen) atoms. The molecule has 0 aliphatic carbocycles. The third-order valence-electron chi connectivity index (χ3n) is 3.90. The predicted octanol–water partition coefficient (Wildman–Crippen LogP) is 1.69. The lowest BCUT2D eigenvalue weighted by atomic mass is 10.1. The van der Waals surface area contributed by atoms with E-state index >= 15 is 0 Å². The van der Waals surface area contributed by atoms with E-state index in [0.29, 0.717) is 24.4 Å². The molecule has 1 fully saturated rings. The Kier molecular flexibility index (Phi) is 5.37. The van der Waals surface area contributed by atoms with Crippen LogP contribution in [0.2, 0.25) is 0 Å². The van der Waals surface area contributed by atoms with Gasteiger partial charge in [-0.15, -0.1) is 0 Å². The number of likely N-dealkylation sites (tertiary alicyclic amines) is 1. The van der Waals surface area contributed by atoms with Crippen molar-refractivity contribution in [3.63, 3.8) is 0 Å². The van der Waals surface area contributed by atoms with Gasteiger partial charge in [0.2, 0.25) is 11.8 Å². The maximum atomic E-state index is 12.2. The zero-order valence-corrected chi connectivity index (χ0v) is 15.4. The third-order valence-corrected chi connectivity index (χ3v) is 4.57. The highest BCUT2D eigenvalue weighted by Gasteiger charge is 2.34. The average Bonchev–Trinajstić information content (AvgIpc) is 3.23. The number of hydrazine groups is 1. The minimum atomic E-state index is -0.501. The fourth-order valence-electron chi connectivity index (χ4n) is 2.61. The standard InChI is InChI=1S/C17H16IN3O4/c18-13-4-1-3-11(7-13)16(23)19-20-17(24)12-8-15(22)21(9-12)10-14-5-2-6-25-14/h1-7,12H,8-10H2,(H,19,23)(H,20,24). The summed E-state index contributed by atoms with van der Waals surface area (Å²) in [5, 5.41) is 0. The molecule has 7 nitrogen and oxygen atoms in total. The summed E-state index contributed by atoms with van der Waals surface area (Å²) in [5.74, 6) is -0.724. The van der Waals surface area contributed by atoms with Crippen LogP contribution < -0.4 is 10.9 Å². The molecule has 0 saturated carbocycles. The first-order chi connectivity index (χ1) is 12.0. The van der Waals surface area contributed by atoms with E-state index in [4.69, 9.17) is 4.42 Å². The number of amides is 3. The first-order valence-electron chi connectivity index (χ1n) is 7.69. The van der Waals surface area contributed by atoms with Gasteiger partial charge in [-0.1, -0.05) is 6.07 Å². The Bertz CT molecular complexity index is 791. The molecule has 1 aliphatic rings. The monoisotopic (exact) mass is 453 g/mol. The average molecular weight is 453 g/mol. The van der Waals surface area contributed by atoms with Crippen molar-refractivity contribution in [1.82, 2.24) is 15.8 Å². The lowest BCUT2D eigenvalue weighted by molar-refractivity contribution is -0.129. The molecule has 0 spiro atoms. The van der Waals surface area contributed by atoms with Crippen molar-refractivity contribution >= 4 is 40.3 Å². The normalized spacial score (nSPS) is 16.8. The van der Waals surface area contributed by atoms with Crippen LogP contribution in [0.25, 0.3) is 0 Å². The van der Waals surface area contributed by atoms with Crippen LogP contribution in [0.1, 0.15) is 22.5 Å². The quantitative estimate of drug-likeness (QED) is 0.545. The molecule has 1 unspecified atom stereocenters. The van der Waals surface area contributed by atoms with Crippen LogP contribution in [0.5, 0.6) is 0 Å². The van der Waals surface area contributed by atoms with Crippen LogP contribution in [0.3, 0.4) is 0 Å². The van der Waals surface area contributed by atoms with Gasteiger partial charge in [0.1, 0.15) is 5.76 Å². The summed E-state index contributed by atoms with van der Waals surface area (Å²) < 4.78 is 6.15. The van der Waals surface area contributed by atoms with Crippen molar-refractivity contribution < 1.29 is 18.8 Å². The van der Waals surface area contributed by atoms with Crippen molar-refractivity contribution in [3.8, 4) is 0 Å². The summed E-state index contributed by atoms with van der Waals surface area (Å²) in [6.07, 6.45) is 1.66. The smallest absolute Gasteiger partial charge is 0.269 e. The number of benzene rings is 1. The zero-order chi connectivity index (χ0) is 17.8. The molecular formula is C17H16IN3O4. The second kappa shape index (κ2) is 7.68. The van der Waals surface area contributed by atoms with E-state index in [1.54, 1.807) is 41.5 Å². The molecule has 1 aromatic heterocycles. The van der Waals surface area contributed by atoms with Crippen molar-refractivity contribution in [1.29, 1.82) is 0 Å². The maximum absolute atomic E-state index is 12.2. The number of rotatable bonds is 4. The highest BCUT2D eigenvalue weighted by Crippen LogP contribution is 2.20. The maximum Gasteiger partial charge on any atom is 0.269 e. The number of halogens is 1. The molecule has 1 atom stereocenters. The molecule has 3 rings (SSSR count). The number of nitrogens with zero attached hydrogens (tertiary/aromatic N) is 1. The number of furan rings is 1. The predicted molar refractivity (Wildman–Crippen MR) is 97.0 cm³/mol. The van der Waals surface area contributed by atoms with Crippen LogP contribution in [0.4, 0.5) is 0 Å². The van der Waals surface area contributed by atoms with Crippen molar-refractivity contribution in [2.24, 2.45) is 5.92 Å². The largest absolute Gasteiger partial charge is 0.467 e. The van der Waals surface area contributed by atoms with Crippen LogP contribution in [-0.4, -0.2) is 29.2 Å². The van der Waals surface area contributed by atoms with Crippen LogP contribution in [-0.2, 0) is 16.1 Å². The molecule has 1 aliphatic heterocycles. The second-order valence-electron chi connectivity index (χ2n) is 5.71. The molecule has 1 aromatic carbocycles. The summed E-state index contributed by atoms with van der Waals surface area (Å²) in [6.45, 7) is 0.634. The second-order valence-corrected chi connectivity index (χ2v) is 6.95. The molecule has 3 amide bonds. The van der Waals surface area contributed by atoms with Gasteiger partial charge in [0, 0.05) is 22.1 Å². The van der Waals surface area contributed by atoms with Crippen molar-refractivity contribution in [2.75, 3.05) is 6.54 Å². The SMILES string of the molecule is O=C(NNC(=O)C1CC(=O)N(Cc2ccco2)C1)c1cccc(I)c1. The van der Waals surface area contributed by atoms with Gasteiger partial charge in [-0.2, -0.15) is 0 Å². The summed E-state index contributed by atoms with van der Waals surface area (Å²) in [5.41, 5.74) is 5.24. The number of hydrogen-bond acceptors (Lipinski definition) is 4. The van der Waals surface area contributed by atoms with Gasteiger partial charge in [0.05, 0.1) is 18.7 Å². The first kappa shape index (κ1) is 17.5. The Balaban J connectivity index is 1.52. The summed E-state index contributed by atoms with van der Waals surface area (Å²) in [6, 6.07) is 10.5. The fourth-order valence-corrected chi connectivity index (χ4v) is 3.16. The Labute approximate surface area is 157 Å². The van der Waals surface area contributed by atoms with Gasteiger partial charge in [-0.3, -0.25) is 25.2 Å². The molecule has 2 N–H and O–H groups in total. The molecule has 1 saturated heterocycles. The lowest BCUT2D eigenvalue weighted by Crippen LogP contribution is -2.45. The van der Waals surface area contributed by atoms with Gasteiger partial charge < -0.3 is 9.32 Å². The summed E-state index contributed by atoms with van der Waals surface area (Å²) in [7, 11) is 0. The molecule has 0 radical (unpaired) electrons. The van der Waals surface area contributed by atoms with Gasteiger partial charge in [0.25, 0.3) is 5.91 Å². The van der Waals surface area contributed by atoms with Gasteiger partial charge in [-0.25, -0.2) is 0 Å². The Morgan fingerprint density at radius 3 is 2.80 bits per heavy atom. The van der Waals surface area contributed by atoms with Crippen LogP contribution in [0.15, 0.2) is 47.1 Å². The minimum Gasteiger partial charge on any atom is -0.467 e. The molecule has 2 heterocycles. The number of carbonyl (C=O) groups is 3. The number of nitrogens with one attached hydrogen (secondary N) is 2. The Hall–Kier alpha value is -2.36. The fraction of sp³-hybridized carbons (Fsp3) is 0.235. The van der Waals surface area contributed by atoms with Gasteiger partial charge in [-0.05, 0) is 52.9 Å². The molecule has 8 heteroatoms. The van der Waals surface area contributed by atoms with E-state index in [1.807, 2.05) is 6.07 Å². The van der Waals surface area contributed by atoms with E-state index in [0.717, 1.165) is 3.57 Å². The number of carbonyl (C=O) groups excluding carboxylic acids is 3. The van der Waals surface area contributed by atoms with E-state index in [-0.39, 0.29) is 18.2 Å². The molecule has 130 valence electrons. The highest BCUT2D eigenvalue weighted by molar-refractivity contribution is 14.1. The van der Waals surface area contributed by atoms with E-state index in [2.05, 4.69) is 33.4 Å². The summed E-state index contributed by atoms with van der Waals surface area (Å²) in [4.78, 5) is 37.9. The molecular weight excluding hydrogens is 437 g/mol. The van der Waals surface area contributed by atoms with Crippen LogP contribution in [0, 0.1) is 9.49 Å². The molecule has 0 bridgehead atoms. The van der Waals surface area contributed by atoms with Gasteiger partial charge >= 0.3 is 0 Å². The Morgan fingerprint density at radius 2 is 2.08 bits per heavy atom. The summed E-state index contributed by atoms with van der Waals surface area (Å²) >= 11 is 2.11. The zero-order valence-electron chi connectivity index (χ0n) is 13.2.